The first-order valence-corrected chi connectivity index (χ1v) is 13.5. The molecule has 2 aromatic carbocycles. The van der Waals surface area contributed by atoms with Gasteiger partial charge in [-0.3, -0.25) is 8.77 Å². The predicted molar refractivity (Wildman–Crippen MR) is 116 cm³/mol. The van der Waals surface area contributed by atoms with Gasteiger partial charge in [0.2, 0.25) is 0 Å². The van der Waals surface area contributed by atoms with E-state index in [1.165, 1.54) is 16.2 Å². The van der Waals surface area contributed by atoms with Crippen LogP contribution in [0.2, 0.25) is 0 Å². The normalized spacial score (nSPS) is 13.4. The molecule has 0 saturated heterocycles. The summed E-state index contributed by atoms with van der Waals surface area (Å²) in [6, 6.07) is 6.76. The monoisotopic (exact) mass is 601 g/mol. The van der Waals surface area contributed by atoms with E-state index in [1.807, 2.05) is 21.2 Å². The fraction of sp³-hybridized carbons (Fsp3) is 0.111. The van der Waals surface area contributed by atoms with Crippen molar-refractivity contribution >= 4 is 56.9 Å². The van der Waals surface area contributed by atoms with E-state index in [-0.39, 0.29) is 16.7 Å². The molecule has 0 fully saturated rings. The molecule has 0 radical (unpaired) electrons. The maximum absolute atomic E-state index is 15.1. The van der Waals surface area contributed by atoms with Gasteiger partial charge >= 0.3 is 12.1 Å². The smallest absolute Gasteiger partial charge is 0.453 e. The summed E-state index contributed by atoms with van der Waals surface area (Å²) >= 11 is 1.87. The minimum absolute atomic E-state index is 0.0272. The molecular weight excluding hydrogens is 592 g/mol. The van der Waals surface area contributed by atoms with Crippen molar-refractivity contribution in [1.82, 2.24) is 3.97 Å². The first kappa shape index (κ1) is 24.3. The van der Waals surface area contributed by atoms with E-state index >= 15 is 4.39 Å². The molecule has 1 amide bonds. The summed E-state index contributed by atoms with van der Waals surface area (Å²) in [7, 11) is -3.09. The highest BCUT2D eigenvalue weighted by molar-refractivity contribution is 14.2. The Labute approximate surface area is 194 Å². The predicted octanol–water partition coefficient (Wildman–Crippen LogP) is 5.98. The Hall–Kier alpha value is -2.38. The highest BCUT2D eigenvalue weighted by Gasteiger charge is 2.40. The molecule has 32 heavy (non-hydrogen) atoms. The SMILES string of the molecule is CS(=O)(=NC(=O)C(F)(F)F)c1c(Oc2ccc(F)c(C#N)c2)c(F)cc2c1ccn2SI. The van der Waals surface area contributed by atoms with Crippen molar-refractivity contribution in [2.75, 3.05) is 6.26 Å². The van der Waals surface area contributed by atoms with Crippen LogP contribution in [0.1, 0.15) is 5.56 Å². The molecule has 3 aromatic rings. The largest absolute Gasteiger partial charge is 0.474 e. The zero-order chi connectivity index (χ0) is 23.8. The van der Waals surface area contributed by atoms with Gasteiger partial charge in [0.1, 0.15) is 22.5 Å². The molecule has 0 saturated carbocycles. The van der Waals surface area contributed by atoms with Gasteiger partial charge in [-0.25, -0.2) is 13.0 Å². The Balaban J connectivity index is 2.33. The van der Waals surface area contributed by atoms with Crippen molar-refractivity contribution in [3.63, 3.8) is 0 Å². The third kappa shape index (κ3) is 4.69. The first-order chi connectivity index (χ1) is 14.9. The van der Waals surface area contributed by atoms with Crippen LogP contribution in [0.15, 0.2) is 45.8 Å². The summed E-state index contributed by atoms with van der Waals surface area (Å²) < 4.78 is 89.8. The number of nitrogens with zero attached hydrogens (tertiary/aromatic N) is 3. The fourth-order valence-corrected chi connectivity index (χ4v) is 5.67. The van der Waals surface area contributed by atoms with Gasteiger partial charge in [0.25, 0.3) is 0 Å². The van der Waals surface area contributed by atoms with Crippen LogP contribution in [-0.2, 0) is 14.5 Å². The lowest BCUT2D eigenvalue weighted by atomic mass is 10.2. The van der Waals surface area contributed by atoms with Gasteiger partial charge in [-0.15, -0.1) is 4.36 Å². The number of halogens is 6. The van der Waals surface area contributed by atoms with Crippen molar-refractivity contribution < 1.29 is 35.7 Å². The number of alkyl halides is 3. The Morgan fingerprint density at radius 2 is 1.94 bits per heavy atom. The van der Waals surface area contributed by atoms with E-state index in [0.29, 0.717) is 0 Å². The number of fused-ring (bicyclic) bond motifs is 1. The standard InChI is InChI=1S/C18H9F5IN3O3S2/c1-32(29,26-17(28)18(21,22)23)16-11-4-5-27(31-24)14(11)7-13(20)15(16)30-10-2-3-12(19)9(6-10)8-25/h2-7H,1H3. The highest BCUT2D eigenvalue weighted by atomic mass is 127. The van der Waals surface area contributed by atoms with E-state index in [1.54, 1.807) is 6.07 Å². The van der Waals surface area contributed by atoms with Crippen molar-refractivity contribution in [2.45, 2.75) is 11.1 Å². The van der Waals surface area contributed by atoms with Gasteiger partial charge in [0.05, 0.1) is 20.8 Å². The van der Waals surface area contributed by atoms with Crippen LogP contribution < -0.4 is 4.74 Å². The number of carbonyl (C=O) groups excluding carboxylic acids is 1. The summed E-state index contributed by atoms with van der Waals surface area (Å²) in [5.74, 6) is -5.62. The van der Waals surface area contributed by atoms with Gasteiger partial charge in [-0.1, -0.05) is 0 Å². The zero-order valence-electron chi connectivity index (χ0n) is 15.6. The Morgan fingerprint density at radius 3 is 2.53 bits per heavy atom. The van der Waals surface area contributed by atoms with Crippen LogP contribution in [0.3, 0.4) is 0 Å². The number of nitriles is 1. The summed E-state index contributed by atoms with van der Waals surface area (Å²) in [6.07, 6.45) is -3.20. The Bertz CT molecular complexity index is 1410. The number of carbonyl (C=O) groups is 1. The van der Waals surface area contributed by atoms with Gasteiger partial charge in [-0.2, -0.15) is 18.4 Å². The quantitative estimate of drug-likeness (QED) is 0.272. The van der Waals surface area contributed by atoms with Crippen molar-refractivity contribution in [3.8, 4) is 17.6 Å². The molecule has 1 aromatic heterocycles. The van der Waals surface area contributed by atoms with Crippen molar-refractivity contribution in [2.24, 2.45) is 4.36 Å². The lowest BCUT2D eigenvalue weighted by Crippen LogP contribution is -2.22. The number of hydrogen-bond donors (Lipinski definition) is 0. The molecular formula is C18H9F5IN3O3S2. The molecule has 0 aliphatic rings. The van der Waals surface area contributed by atoms with Crippen LogP contribution in [0.5, 0.6) is 11.5 Å². The molecule has 0 spiro atoms. The molecule has 0 aliphatic heterocycles. The summed E-state index contributed by atoms with van der Waals surface area (Å²) in [6.45, 7) is 0. The molecule has 3 rings (SSSR count). The van der Waals surface area contributed by atoms with Crippen molar-refractivity contribution in [1.29, 1.82) is 5.26 Å². The van der Waals surface area contributed by atoms with Crippen LogP contribution in [0, 0.1) is 23.0 Å². The third-order valence-corrected chi connectivity index (χ3v) is 7.47. The molecule has 168 valence electrons. The maximum atomic E-state index is 15.1. The lowest BCUT2D eigenvalue weighted by molar-refractivity contribution is -0.169. The average Bonchev–Trinajstić information content (AvgIpc) is 3.10. The number of amides is 1. The first-order valence-electron chi connectivity index (χ1n) is 8.22. The molecule has 0 bridgehead atoms. The van der Waals surface area contributed by atoms with E-state index < -0.39 is 49.7 Å². The van der Waals surface area contributed by atoms with Gasteiger partial charge in [-0.05, 0) is 18.2 Å². The van der Waals surface area contributed by atoms with E-state index in [0.717, 1.165) is 39.6 Å². The summed E-state index contributed by atoms with van der Waals surface area (Å²) in [4.78, 5) is 10.8. The minimum Gasteiger partial charge on any atom is -0.453 e. The molecule has 1 heterocycles. The average molecular weight is 601 g/mol. The number of benzene rings is 2. The number of ether oxygens (including phenoxy) is 1. The van der Waals surface area contributed by atoms with Crippen molar-refractivity contribution in [3.05, 3.63) is 53.7 Å². The summed E-state index contributed by atoms with van der Waals surface area (Å²) in [5, 5.41) is 8.99. The molecule has 0 aliphatic carbocycles. The second-order valence-electron chi connectivity index (χ2n) is 6.21. The summed E-state index contributed by atoms with van der Waals surface area (Å²) in [5.41, 5.74) is -0.294. The second-order valence-corrected chi connectivity index (χ2v) is 10.1. The van der Waals surface area contributed by atoms with E-state index in [4.69, 9.17) is 10.00 Å². The van der Waals surface area contributed by atoms with Crippen LogP contribution >= 0.6 is 30.3 Å². The lowest BCUT2D eigenvalue weighted by Gasteiger charge is -2.15. The third-order valence-electron chi connectivity index (χ3n) is 4.05. The number of rotatable bonds is 4. The van der Waals surface area contributed by atoms with Crippen LogP contribution in [0.4, 0.5) is 22.0 Å². The molecule has 6 nitrogen and oxygen atoms in total. The topological polar surface area (TPSA) is 84.5 Å². The van der Waals surface area contributed by atoms with E-state index in [2.05, 4.69) is 4.36 Å². The van der Waals surface area contributed by atoms with Gasteiger partial charge in [0, 0.05) is 60.3 Å². The minimum atomic E-state index is -5.39. The van der Waals surface area contributed by atoms with E-state index in [9.17, 15) is 26.6 Å². The number of hydrogen-bond acceptors (Lipinski definition) is 5. The molecule has 1 atom stereocenters. The fourth-order valence-electron chi connectivity index (χ4n) is 2.73. The second kappa shape index (κ2) is 8.87. The molecule has 1 unspecified atom stereocenters. The number of aromatic nitrogens is 1. The van der Waals surface area contributed by atoms with Crippen LogP contribution in [0.25, 0.3) is 10.9 Å². The van der Waals surface area contributed by atoms with Gasteiger partial charge < -0.3 is 4.74 Å². The maximum Gasteiger partial charge on any atom is 0.474 e. The Kier molecular flexibility index (Phi) is 6.72. The highest BCUT2D eigenvalue weighted by Crippen LogP contribution is 2.41. The Morgan fingerprint density at radius 1 is 1.25 bits per heavy atom. The zero-order valence-corrected chi connectivity index (χ0v) is 19.4. The van der Waals surface area contributed by atoms with Gasteiger partial charge in [0.15, 0.2) is 11.6 Å². The molecule has 0 N–H and O–H groups in total. The molecule has 14 heteroatoms. The van der Waals surface area contributed by atoms with Crippen LogP contribution in [-0.4, -0.2) is 26.5 Å².